The van der Waals surface area contributed by atoms with Crippen LogP contribution in [0.5, 0.6) is 0 Å². The number of nitrogens with zero attached hydrogens (tertiary/aromatic N) is 1. The van der Waals surface area contributed by atoms with Crippen molar-refractivity contribution in [1.29, 1.82) is 0 Å². The molecular weight excluding hydrogens is 162 g/mol. The molecule has 13 heavy (non-hydrogen) atoms. The molecule has 0 bridgehead atoms. The third-order valence-corrected chi connectivity index (χ3v) is 2.21. The lowest BCUT2D eigenvalue weighted by Crippen LogP contribution is -2.09. The van der Waals surface area contributed by atoms with Crippen LogP contribution in [0.1, 0.15) is 5.56 Å². The van der Waals surface area contributed by atoms with E-state index in [4.69, 9.17) is 0 Å². The Kier molecular flexibility index (Phi) is 2.27. The molecule has 0 fully saturated rings. The summed E-state index contributed by atoms with van der Waals surface area (Å²) in [6.07, 6.45) is 6.81. The van der Waals surface area contributed by atoms with E-state index in [0.29, 0.717) is 0 Å². The minimum Gasteiger partial charge on any atom is -0.360 e. The zero-order chi connectivity index (χ0) is 9.10. The first kappa shape index (κ1) is 8.26. The predicted octanol–water partition coefficient (Wildman–Crippen LogP) is 1.32. The molecule has 3 nitrogen and oxygen atoms in total. The highest BCUT2D eigenvalue weighted by Crippen LogP contribution is 2.16. The number of likely N-dealkylation sites (N-methyl/N-ethyl adjacent to an activating group) is 1. The maximum absolute atomic E-state index is 4.06. The number of pyridine rings is 1. The Morgan fingerprint density at radius 3 is 3.31 bits per heavy atom. The van der Waals surface area contributed by atoms with Crippen LogP contribution >= 0.6 is 0 Å². The van der Waals surface area contributed by atoms with Crippen LogP contribution in [0.25, 0.3) is 10.9 Å². The van der Waals surface area contributed by atoms with E-state index in [0.717, 1.165) is 18.5 Å². The van der Waals surface area contributed by atoms with Crippen molar-refractivity contribution >= 4 is 10.9 Å². The van der Waals surface area contributed by atoms with Crippen molar-refractivity contribution < 1.29 is 0 Å². The summed E-state index contributed by atoms with van der Waals surface area (Å²) >= 11 is 0. The molecule has 2 heterocycles. The molecule has 2 N–H and O–H groups in total. The van der Waals surface area contributed by atoms with Crippen LogP contribution in [-0.4, -0.2) is 23.6 Å². The fraction of sp³-hybridized carbons (Fsp3) is 0.300. The van der Waals surface area contributed by atoms with Crippen molar-refractivity contribution in [3.8, 4) is 0 Å². The Morgan fingerprint density at radius 1 is 1.54 bits per heavy atom. The Bertz CT molecular complexity index is 392. The van der Waals surface area contributed by atoms with Gasteiger partial charge in [0.25, 0.3) is 0 Å². The number of fused-ring (bicyclic) bond motifs is 1. The summed E-state index contributed by atoms with van der Waals surface area (Å²) in [5.41, 5.74) is 2.47. The van der Waals surface area contributed by atoms with Gasteiger partial charge in [0.1, 0.15) is 0 Å². The van der Waals surface area contributed by atoms with Crippen molar-refractivity contribution in [3.63, 3.8) is 0 Å². The predicted molar refractivity (Wildman–Crippen MR) is 53.7 cm³/mol. The van der Waals surface area contributed by atoms with Crippen LogP contribution in [0.4, 0.5) is 0 Å². The standard InChI is InChI=1S/C10H13N3/c1-11-4-2-8-6-13-10-7-12-5-3-9(8)10/h3,5-7,11,13H,2,4H2,1H3. The minimum atomic E-state index is 1.01. The first-order chi connectivity index (χ1) is 6.42. The maximum atomic E-state index is 4.06. The smallest absolute Gasteiger partial charge is 0.0643 e. The molecule has 0 amide bonds. The Balaban J connectivity index is 2.35. The SMILES string of the molecule is CNCCc1c[nH]c2cnccc12. The monoisotopic (exact) mass is 175 g/mol. The Morgan fingerprint density at radius 2 is 2.46 bits per heavy atom. The van der Waals surface area contributed by atoms with Crippen molar-refractivity contribution in [1.82, 2.24) is 15.3 Å². The van der Waals surface area contributed by atoms with Gasteiger partial charge in [0.15, 0.2) is 0 Å². The summed E-state index contributed by atoms with van der Waals surface area (Å²) in [4.78, 5) is 7.27. The second-order valence-corrected chi connectivity index (χ2v) is 3.09. The molecule has 0 aliphatic heterocycles. The van der Waals surface area contributed by atoms with Crippen molar-refractivity contribution in [2.45, 2.75) is 6.42 Å². The van der Waals surface area contributed by atoms with E-state index in [1.807, 2.05) is 19.4 Å². The molecular formula is C10H13N3. The molecule has 2 aromatic rings. The van der Waals surface area contributed by atoms with Crippen molar-refractivity contribution in [2.75, 3.05) is 13.6 Å². The molecule has 0 aromatic carbocycles. The van der Waals surface area contributed by atoms with Crippen LogP contribution in [0.2, 0.25) is 0 Å². The molecule has 0 spiro atoms. The topological polar surface area (TPSA) is 40.7 Å². The number of aromatic amines is 1. The van der Waals surface area contributed by atoms with Gasteiger partial charge in [0.05, 0.1) is 11.7 Å². The van der Waals surface area contributed by atoms with Gasteiger partial charge in [-0.25, -0.2) is 0 Å². The number of nitrogens with one attached hydrogen (secondary N) is 2. The van der Waals surface area contributed by atoms with E-state index in [9.17, 15) is 0 Å². The summed E-state index contributed by atoms with van der Waals surface area (Å²) < 4.78 is 0. The zero-order valence-corrected chi connectivity index (χ0v) is 7.67. The van der Waals surface area contributed by atoms with Gasteiger partial charge in [0.2, 0.25) is 0 Å². The highest BCUT2D eigenvalue weighted by molar-refractivity contribution is 5.82. The summed E-state index contributed by atoms with van der Waals surface area (Å²) in [5.74, 6) is 0. The van der Waals surface area contributed by atoms with Gasteiger partial charge in [-0.3, -0.25) is 4.98 Å². The lowest BCUT2D eigenvalue weighted by atomic mass is 10.1. The number of hydrogen-bond acceptors (Lipinski definition) is 2. The van der Waals surface area contributed by atoms with Crippen LogP contribution in [0.15, 0.2) is 24.7 Å². The van der Waals surface area contributed by atoms with Gasteiger partial charge < -0.3 is 10.3 Å². The van der Waals surface area contributed by atoms with Gasteiger partial charge in [0, 0.05) is 17.8 Å². The Hall–Kier alpha value is -1.35. The van der Waals surface area contributed by atoms with E-state index in [1.54, 1.807) is 0 Å². The molecule has 0 aliphatic carbocycles. The van der Waals surface area contributed by atoms with Crippen LogP contribution in [-0.2, 0) is 6.42 Å². The molecule has 2 aromatic heterocycles. The average Bonchev–Trinajstić information content (AvgIpc) is 2.58. The van der Waals surface area contributed by atoms with E-state index >= 15 is 0 Å². The van der Waals surface area contributed by atoms with E-state index in [1.165, 1.54) is 10.9 Å². The lowest BCUT2D eigenvalue weighted by Gasteiger charge is -1.97. The third kappa shape index (κ3) is 1.55. The molecule has 0 saturated carbocycles. The number of hydrogen-bond donors (Lipinski definition) is 2. The fourth-order valence-electron chi connectivity index (χ4n) is 1.50. The highest BCUT2D eigenvalue weighted by Gasteiger charge is 2.01. The lowest BCUT2D eigenvalue weighted by molar-refractivity contribution is 0.795. The van der Waals surface area contributed by atoms with E-state index < -0.39 is 0 Å². The van der Waals surface area contributed by atoms with Gasteiger partial charge in [-0.15, -0.1) is 0 Å². The summed E-state index contributed by atoms with van der Waals surface area (Å²) in [7, 11) is 1.97. The molecule has 0 saturated heterocycles. The molecule has 0 aliphatic rings. The quantitative estimate of drug-likeness (QED) is 0.738. The molecule has 2 rings (SSSR count). The molecule has 3 heteroatoms. The maximum Gasteiger partial charge on any atom is 0.0643 e. The van der Waals surface area contributed by atoms with Crippen molar-refractivity contribution in [2.24, 2.45) is 0 Å². The highest BCUT2D eigenvalue weighted by atomic mass is 14.8. The number of H-pyrrole nitrogens is 1. The van der Waals surface area contributed by atoms with Crippen LogP contribution < -0.4 is 5.32 Å². The summed E-state index contributed by atoms with van der Waals surface area (Å²) in [5, 5.41) is 4.42. The minimum absolute atomic E-state index is 1.01. The van der Waals surface area contributed by atoms with Gasteiger partial charge in [-0.2, -0.15) is 0 Å². The largest absolute Gasteiger partial charge is 0.360 e. The fourth-order valence-corrected chi connectivity index (χ4v) is 1.50. The zero-order valence-electron chi connectivity index (χ0n) is 7.67. The summed E-state index contributed by atoms with van der Waals surface area (Å²) in [6, 6.07) is 2.05. The molecule has 0 radical (unpaired) electrons. The van der Waals surface area contributed by atoms with E-state index in [-0.39, 0.29) is 0 Å². The Labute approximate surface area is 77.2 Å². The average molecular weight is 175 g/mol. The van der Waals surface area contributed by atoms with Gasteiger partial charge >= 0.3 is 0 Å². The number of aromatic nitrogens is 2. The van der Waals surface area contributed by atoms with Crippen LogP contribution in [0, 0.1) is 0 Å². The normalized spacial score (nSPS) is 10.8. The molecule has 0 unspecified atom stereocenters. The summed E-state index contributed by atoms with van der Waals surface area (Å²) in [6.45, 7) is 1.01. The van der Waals surface area contributed by atoms with Crippen molar-refractivity contribution in [3.05, 3.63) is 30.2 Å². The van der Waals surface area contributed by atoms with Crippen LogP contribution in [0.3, 0.4) is 0 Å². The van der Waals surface area contributed by atoms with Gasteiger partial charge in [-0.1, -0.05) is 0 Å². The van der Waals surface area contributed by atoms with E-state index in [2.05, 4.69) is 27.5 Å². The third-order valence-electron chi connectivity index (χ3n) is 2.21. The first-order valence-electron chi connectivity index (χ1n) is 4.46. The number of rotatable bonds is 3. The molecule has 0 atom stereocenters. The second kappa shape index (κ2) is 3.58. The first-order valence-corrected chi connectivity index (χ1v) is 4.46. The van der Waals surface area contributed by atoms with Gasteiger partial charge in [-0.05, 0) is 31.6 Å². The second-order valence-electron chi connectivity index (χ2n) is 3.09. The molecule has 68 valence electrons.